The largest absolute Gasteiger partial charge is 0.595 e. The number of rotatable bonds is 16. The standard InChI is InChI=1S/C12H21NO4S2.C10H21NO8S2.C8H17NO4.C8H15NO2S2.C3H7NS2/c1-8(14)18-6-10(7-19-9(2)15)13-11(16)17-12(3,4)5;1-10(2,3)19-9(12)11-8(6-17-20(4,13)14)7-18-21(5,15)16;1-8(2,3)13-7(12)9-6(4-10)5-11;1-8(2,3)11-7(10)9-6-4-12-13-5-6;4-3-1-5-6-2-3/h10H,6-7H2,1-5H3,(H,13,16);8H,6-7H2,1-5H3,(H,11,12);6,10-11H,4-5H2,1-3H3,(H,9,12);6H,4-5H2,1-3H3,(H,9,10);3H,1-2,4H2/p-4. The average Bonchev–Trinajstić information content (AvgIpc) is 3.87. The van der Waals surface area contributed by atoms with E-state index in [4.69, 9.17) is 34.9 Å². The van der Waals surface area contributed by atoms with Gasteiger partial charge in [0.1, 0.15) is 30.4 Å². The summed E-state index contributed by atoms with van der Waals surface area (Å²) in [6.45, 7) is 21.9. The number of hydrogen-bond donors (Lipinski definition) is 3. The highest BCUT2D eigenvalue weighted by molar-refractivity contribution is 8.77. The molecule has 0 aromatic heterocycles. The van der Waals surface area contributed by atoms with Crippen molar-refractivity contribution < 1.29 is 84.4 Å². The molecule has 0 aromatic rings. The zero-order valence-electron chi connectivity index (χ0n) is 44.0. The first kappa shape index (κ1) is 74.5. The second-order valence-corrected chi connectivity index (χ2v) is 29.7. The van der Waals surface area contributed by atoms with Crippen molar-refractivity contribution in [3.05, 3.63) is 0 Å². The molecule has 0 spiro atoms. The summed E-state index contributed by atoms with van der Waals surface area (Å²) in [5, 5.41) is 62.4. The van der Waals surface area contributed by atoms with Gasteiger partial charge >= 0.3 is 0 Å². The number of hydrogen-bond acceptors (Lipinski definition) is 29. The predicted molar refractivity (Wildman–Crippen MR) is 288 cm³/mol. The first-order valence-electron chi connectivity index (χ1n) is 21.7. The molecule has 4 N–H and O–H groups in total. The van der Waals surface area contributed by atoms with Crippen molar-refractivity contribution in [2.45, 2.75) is 150 Å². The fourth-order valence-electron chi connectivity index (χ4n) is 3.66. The van der Waals surface area contributed by atoms with Gasteiger partial charge in [0.05, 0.1) is 57.1 Å². The molecule has 2 heterocycles. The molecule has 0 amide bonds. The van der Waals surface area contributed by atoms with Crippen molar-refractivity contribution in [1.82, 2.24) is 0 Å². The van der Waals surface area contributed by atoms with Gasteiger partial charge in [0, 0.05) is 76.8 Å². The summed E-state index contributed by atoms with van der Waals surface area (Å²) in [7, 11) is -0.260. The van der Waals surface area contributed by atoms with Crippen molar-refractivity contribution in [3.8, 4) is 0 Å². The lowest BCUT2D eigenvalue weighted by Gasteiger charge is -2.30. The van der Waals surface area contributed by atoms with Gasteiger partial charge in [-0.25, -0.2) is 0 Å². The van der Waals surface area contributed by atoms with E-state index >= 15 is 0 Å². The third-order valence-electron chi connectivity index (χ3n) is 6.31. The van der Waals surface area contributed by atoms with Crippen LogP contribution in [-0.4, -0.2) is 188 Å². The number of thioether (sulfide) groups is 2. The Kier molecular flexibility index (Phi) is 38.3. The van der Waals surface area contributed by atoms with Crippen LogP contribution >= 0.6 is 66.7 Å². The van der Waals surface area contributed by atoms with Crippen molar-refractivity contribution in [2.24, 2.45) is 25.7 Å². The van der Waals surface area contributed by atoms with Gasteiger partial charge in [-0.3, -0.25) is 37.9 Å². The van der Waals surface area contributed by atoms with Gasteiger partial charge < -0.3 is 55.3 Å². The number of aliphatic imine (C=N–C) groups is 4. The molecular formula is C41H77N5O18S8-4. The van der Waals surface area contributed by atoms with Crippen LogP contribution in [0.5, 0.6) is 0 Å². The van der Waals surface area contributed by atoms with E-state index in [0.29, 0.717) is 17.5 Å². The number of carbonyl (C=O) groups is 2. The Hall–Kier alpha value is -1.78. The fraction of sp³-hybridized carbons (Fsp3) is 0.854. The number of nitrogens with zero attached hydrogens (tertiary/aromatic N) is 4. The van der Waals surface area contributed by atoms with Crippen LogP contribution in [0.15, 0.2) is 20.0 Å². The first-order chi connectivity index (χ1) is 32.5. The lowest BCUT2D eigenvalue weighted by Crippen LogP contribution is -2.35. The second-order valence-electron chi connectivity index (χ2n) is 18.9. The topological polar surface area (TPSA) is 366 Å². The molecule has 0 unspecified atom stereocenters. The van der Waals surface area contributed by atoms with E-state index in [0.717, 1.165) is 59.0 Å². The lowest BCUT2D eigenvalue weighted by atomic mass is 10.2. The van der Waals surface area contributed by atoms with Gasteiger partial charge in [0.15, 0.2) is 10.2 Å². The van der Waals surface area contributed by atoms with Gasteiger partial charge in [0.2, 0.25) is 0 Å². The van der Waals surface area contributed by atoms with Crippen LogP contribution < -0.4 is 26.2 Å². The molecule has 0 atom stereocenters. The van der Waals surface area contributed by atoms with Crippen LogP contribution in [0.1, 0.15) is 96.9 Å². The maximum absolute atomic E-state index is 11.6. The Morgan fingerprint density at radius 1 is 0.569 bits per heavy atom. The Morgan fingerprint density at radius 3 is 1.12 bits per heavy atom. The molecule has 72 heavy (non-hydrogen) atoms. The highest BCUT2D eigenvalue weighted by Crippen LogP contribution is 2.32. The lowest BCUT2D eigenvalue weighted by molar-refractivity contribution is -0.262. The SMILES string of the molecule is CC(=O)SCC(CSC(C)=O)N=C([O-])OC(C)(C)C.CC(C)(C)OC([O-])=NC(CO)CO.CC(C)(C)OC([O-])=NC(COS(C)(=O)=O)COS(C)(=O)=O.CC(C)(C)OC([O-])=NC1CSSC1.NC1CSSC1. The summed E-state index contributed by atoms with van der Waals surface area (Å²) in [5.74, 6) is 4.87. The van der Waals surface area contributed by atoms with E-state index in [-0.39, 0.29) is 29.5 Å². The number of ether oxygens (including phenoxy) is 4. The normalized spacial score (nSPS) is 15.9. The minimum Gasteiger partial charge on any atom is -0.595 e. The van der Waals surface area contributed by atoms with Crippen LogP contribution in [0, 0.1) is 0 Å². The molecular weight excluding hydrogens is 1110 g/mol. The van der Waals surface area contributed by atoms with E-state index in [9.17, 15) is 46.9 Å². The van der Waals surface area contributed by atoms with Gasteiger partial charge in [-0.2, -0.15) is 16.8 Å². The maximum Gasteiger partial charge on any atom is 0.264 e. The monoisotopic (exact) mass is 1180 g/mol. The summed E-state index contributed by atoms with van der Waals surface area (Å²) in [6, 6.07) is -1.71. The molecule has 0 aromatic carbocycles. The third kappa shape index (κ3) is 56.0. The van der Waals surface area contributed by atoms with E-state index in [1.54, 1.807) is 83.9 Å². The molecule has 2 fully saturated rings. The fourth-order valence-corrected chi connectivity index (χ4v) is 11.0. The van der Waals surface area contributed by atoms with Crippen LogP contribution in [0.2, 0.25) is 0 Å². The third-order valence-corrected chi connectivity index (χ3v) is 14.5. The maximum atomic E-state index is 11.6. The minimum absolute atomic E-state index is 0.0442. The number of aliphatic hydroxyl groups is 2. The second kappa shape index (κ2) is 37.1. The van der Waals surface area contributed by atoms with Crippen LogP contribution in [-0.2, 0) is 57.1 Å². The number of carbonyl (C=O) groups excluding carboxylic acids is 2. The summed E-state index contributed by atoms with van der Waals surface area (Å²) in [4.78, 5) is 36.7. The van der Waals surface area contributed by atoms with Gasteiger partial charge in [-0.15, -0.1) is 0 Å². The molecule has 0 saturated carbocycles. The van der Waals surface area contributed by atoms with E-state index < -0.39 is 98.3 Å². The van der Waals surface area contributed by atoms with E-state index in [1.165, 1.54) is 13.8 Å². The quantitative estimate of drug-likeness (QED) is 0.0844. The van der Waals surface area contributed by atoms with Crippen molar-refractivity contribution >= 4 is 122 Å². The molecule has 2 saturated heterocycles. The zero-order chi connectivity index (χ0) is 56.7. The molecule has 0 radical (unpaired) electrons. The summed E-state index contributed by atoms with van der Waals surface area (Å²) >= 11 is 2.17. The van der Waals surface area contributed by atoms with Crippen LogP contribution in [0.3, 0.4) is 0 Å². The number of aliphatic hydroxyl groups excluding tert-OH is 2. The van der Waals surface area contributed by atoms with Crippen molar-refractivity contribution in [2.75, 3.05) is 73.5 Å². The Balaban J connectivity index is -0.000000860. The predicted octanol–water partition coefficient (Wildman–Crippen LogP) is 1.15. The van der Waals surface area contributed by atoms with Gasteiger partial charge in [-0.05, 0) is 0 Å². The smallest absolute Gasteiger partial charge is 0.264 e. The summed E-state index contributed by atoms with van der Waals surface area (Å²) in [6.07, 6.45) is -1.20. The molecule has 0 bridgehead atoms. The molecule has 23 nitrogen and oxygen atoms in total. The molecule has 2 aliphatic rings. The van der Waals surface area contributed by atoms with Crippen LogP contribution in [0.25, 0.3) is 0 Å². The van der Waals surface area contributed by atoms with E-state index in [1.807, 2.05) is 42.4 Å². The van der Waals surface area contributed by atoms with Crippen LogP contribution in [0.4, 0.5) is 0 Å². The molecule has 0 aliphatic carbocycles. The Morgan fingerprint density at radius 2 is 0.861 bits per heavy atom. The molecule has 426 valence electrons. The highest BCUT2D eigenvalue weighted by atomic mass is 33.1. The van der Waals surface area contributed by atoms with Crippen molar-refractivity contribution in [1.29, 1.82) is 0 Å². The highest BCUT2D eigenvalue weighted by Gasteiger charge is 2.18. The molecule has 31 heteroatoms. The zero-order valence-corrected chi connectivity index (χ0v) is 50.5. The minimum atomic E-state index is -3.76. The summed E-state index contributed by atoms with van der Waals surface area (Å²) in [5.41, 5.74) is 3.07. The molecule has 2 rings (SSSR count). The van der Waals surface area contributed by atoms with Crippen molar-refractivity contribution in [3.63, 3.8) is 0 Å². The van der Waals surface area contributed by atoms with Gasteiger partial charge in [-0.1, -0.05) is 150 Å². The summed E-state index contributed by atoms with van der Waals surface area (Å²) < 4.78 is 72.5. The molecule has 2 aliphatic heterocycles. The first-order valence-corrected chi connectivity index (χ1v) is 32.3. The Labute approximate surface area is 451 Å². The average molecular weight is 1180 g/mol. The van der Waals surface area contributed by atoms with E-state index in [2.05, 4.69) is 28.3 Å². The Bertz CT molecular complexity index is 1800. The van der Waals surface area contributed by atoms with Gasteiger partial charge in [0.25, 0.3) is 20.2 Å². The number of nitrogens with two attached hydrogens (primary N) is 1.